The highest BCUT2D eigenvalue weighted by Gasteiger charge is 2.26. The zero-order valence-corrected chi connectivity index (χ0v) is 15.3. The summed E-state index contributed by atoms with van der Waals surface area (Å²) in [6.45, 7) is 4.11. The summed E-state index contributed by atoms with van der Waals surface area (Å²) in [6, 6.07) is 12.1. The second kappa shape index (κ2) is 7.48. The Morgan fingerprint density at radius 3 is 2.81 bits per heavy atom. The second-order valence-electron chi connectivity index (χ2n) is 7.04. The third kappa shape index (κ3) is 3.71. The molecule has 1 fully saturated rings. The number of hydrogen-bond donors (Lipinski definition) is 2. The van der Waals surface area contributed by atoms with Gasteiger partial charge in [0.2, 0.25) is 0 Å². The van der Waals surface area contributed by atoms with Crippen LogP contribution in [0.4, 0.5) is 4.39 Å². The fraction of sp³-hybridized carbons (Fsp3) is 0.333. The molecular formula is C21H23FN4O. The lowest BCUT2D eigenvalue weighted by molar-refractivity contribution is 0.0937. The smallest absolute Gasteiger partial charge is 0.251 e. The van der Waals surface area contributed by atoms with Crippen molar-refractivity contribution < 1.29 is 9.18 Å². The number of rotatable bonds is 5. The van der Waals surface area contributed by atoms with E-state index in [1.807, 2.05) is 25.1 Å². The number of amides is 1. The number of H-pyrrole nitrogens is 1. The Morgan fingerprint density at radius 1 is 1.26 bits per heavy atom. The molecule has 2 aromatic carbocycles. The Balaban J connectivity index is 1.52. The van der Waals surface area contributed by atoms with Crippen LogP contribution in [0, 0.1) is 12.7 Å². The lowest BCUT2D eigenvalue weighted by Gasteiger charge is -2.28. The molecule has 1 amide bonds. The van der Waals surface area contributed by atoms with Crippen LogP contribution in [0.15, 0.2) is 42.5 Å². The van der Waals surface area contributed by atoms with Crippen LogP contribution >= 0.6 is 0 Å². The molecular weight excluding hydrogens is 343 g/mol. The van der Waals surface area contributed by atoms with Crippen molar-refractivity contribution in [1.82, 2.24) is 20.2 Å². The summed E-state index contributed by atoms with van der Waals surface area (Å²) in [4.78, 5) is 22.4. The maximum atomic E-state index is 14.4. The normalized spacial score (nSPS) is 15.9. The highest BCUT2D eigenvalue weighted by atomic mass is 19.1. The Hall–Kier alpha value is -2.73. The van der Waals surface area contributed by atoms with Gasteiger partial charge in [-0.2, -0.15) is 0 Å². The van der Waals surface area contributed by atoms with E-state index in [0.717, 1.165) is 42.8 Å². The van der Waals surface area contributed by atoms with Gasteiger partial charge < -0.3 is 10.3 Å². The van der Waals surface area contributed by atoms with Gasteiger partial charge in [-0.15, -0.1) is 0 Å². The highest BCUT2D eigenvalue weighted by molar-refractivity contribution is 5.97. The third-order valence-electron chi connectivity index (χ3n) is 5.16. The van der Waals surface area contributed by atoms with Crippen molar-refractivity contribution >= 4 is 16.9 Å². The van der Waals surface area contributed by atoms with Crippen LogP contribution in [-0.4, -0.2) is 40.4 Å². The Labute approximate surface area is 157 Å². The van der Waals surface area contributed by atoms with Gasteiger partial charge in [-0.1, -0.05) is 18.2 Å². The molecule has 0 aliphatic carbocycles. The molecule has 3 aromatic rings. The quantitative estimate of drug-likeness (QED) is 0.726. The number of halogens is 1. The Kier molecular flexibility index (Phi) is 4.90. The molecule has 4 rings (SSSR count). The van der Waals surface area contributed by atoms with Crippen molar-refractivity contribution in [2.45, 2.75) is 25.8 Å². The van der Waals surface area contributed by atoms with Gasteiger partial charge in [0.1, 0.15) is 11.6 Å². The first-order valence-electron chi connectivity index (χ1n) is 9.35. The number of imidazole rings is 1. The molecule has 0 bridgehead atoms. The van der Waals surface area contributed by atoms with Crippen molar-refractivity contribution in [2.24, 2.45) is 0 Å². The number of aromatic nitrogens is 2. The summed E-state index contributed by atoms with van der Waals surface area (Å²) in [5.41, 5.74) is 2.88. The van der Waals surface area contributed by atoms with E-state index in [1.165, 1.54) is 6.07 Å². The number of fused-ring (bicyclic) bond motifs is 1. The minimum Gasteiger partial charge on any atom is -0.350 e. The molecule has 1 aliphatic rings. The van der Waals surface area contributed by atoms with Gasteiger partial charge in [0.25, 0.3) is 5.91 Å². The lowest BCUT2D eigenvalue weighted by Crippen LogP contribution is -2.37. The van der Waals surface area contributed by atoms with Gasteiger partial charge in [0.05, 0.1) is 17.1 Å². The molecule has 5 nitrogen and oxygen atoms in total. The number of carbonyl (C=O) groups excluding carboxylic acids is 1. The van der Waals surface area contributed by atoms with Crippen molar-refractivity contribution in [1.29, 1.82) is 0 Å². The summed E-state index contributed by atoms with van der Waals surface area (Å²) in [5, 5.41) is 2.99. The van der Waals surface area contributed by atoms with E-state index < -0.39 is 0 Å². The number of aryl methyl sites for hydroxylation is 1. The summed E-state index contributed by atoms with van der Waals surface area (Å²) < 4.78 is 14.4. The largest absolute Gasteiger partial charge is 0.350 e. The number of likely N-dealkylation sites (tertiary alicyclic amines) is 1. The molecule has 1 aliphatic heterocycles. The summed E-state index contributed by atoms with van der Waals surface area (Å²) in [5.74, 6) is 0.430. The Bertz CT molecular complexity index is 962. The molecule has 140 valence electrons. The monoisotopic (exact) mass is 366 g/mol. The van der Waals surface area contributed by atoms with E-state index in [2.05, 4.69) is 20.2 Å². The average Bonchev–Trinajstić information content (AvgIpc) is 3.31. The molecule has 0 unspecified atom stereocenters. The molecule has 0 radical (unpaired) electrons. The van der Waals surface area contributed by atoms with E-state index in [4.69, 9.17) is 0 Å². The van der Waals surface area contributed by atoms with Crippen LogP contribution in [0.2, 0.25) is 0 Å². The molecule has 2 heterocycles. The first-order valence-corrected chi connectivity index (χ1v) is 9.35. The first-order chi connectivity index (χ1) is 13.1. The zero-order chi connectivity index (χ0) is 18.8. The van der Waals surface area contributed by atoms with E-state index in [1.54, 1.807) is 18.2 Å². The average molecular weight is 366 g/mol. The van der Waals surface area contributed by atoms with Crippen molar-refractivity contribution in [2.75, 3.05) is 19.6 Å². The second-order valence-corrected chi connectivity index (χ2v) is 7.04. The van der Waals surface area contributed by atoms with Gasteiger partial charge in [-0.25, -0.2) is 9.37 Å². The summed E-state index contributed by atoms with van der Waals surface area (Å²) in [7, 11) is 0. The number of hydrogen-bond acceptors (Lipinski definition) is 3. The van der Waals surface area contributed by atoms with E-state index in [0.29, 0.717) is 17.7 Å². The third-order valence-corrected chi connectivity index (χ3v) is 5.16. The number of nitrogens with one attached hydrogen (secondary N) is 2. The zero-order valence-electron chi connectivity index (χ0n) is 15.3. The minimum atomic E-state index is -0.224. The van der Waals surface area contributed by atoms with Crippen LogP contribution in [0.5, 0.6) is 0 Å². The first kappa shape index (κ1) is 17.7. The maximum Gasteiger partial charge on any atom is 0.251 e. The number of carbonyl (C=O) groups is 1. The molecule has 1 saturated heterocycles. The van der Waals surface area contributed by atoms with Gasteiger partial charge in [-0.3, -0.25) is 9.69 Å². The SMILES string of the molecule is Cc1nc2ccc(C(=O)NC[C@@H](c3ccccc3F)N3CCCC3)cc2[nH]1. The molecule has 6 heteroatoms. The number of aromatic amines is 1. The van der Waals surface area contributed by atoms with Crippen LogP contribution in [0.1, 0.15) is 40.6 Å². The number of nitrogens with zero attached hydrogens (tertiary/aromatic N) is 2. The summed E-state index contributed by atoms with van der Waals surface area (Å²) >= 11 is 0. The predicted octanol–water partition coefficient (Wildman–Crippen LogP) is 3.58. The van der Waals surface area contributed by atoms with Gasteiger partial charge in [0.15, 0.2) is 0 Å². The molecule has 1 atom stereocenters. The predicted molar refractivity (Wildman–Crippen MR) is 103 cm³/mol. The number of benzene rings is 2. The van der Waals surface area contributed by atoms with Gasteiger partial charge in [-0.05, 0) is 57.1 Å². The van der Waals surface area contributed by atoms with Crippen molar-refractivity contribution in [3.8, 4) is 0 Å². The topological polar surface area (TPSA) is 61.0 Å². The minimum absolute atomic E-state index is 0.157. The van der Waals surface area contributed by atoms with E-state index in [-0.39, 0.29) is 17.8 Å². The molecule has 0 spiro atoms. The standard InChI is InChI=1S/C21H23FN4O/c1-14-24-18-9-8-15(12-19(18)25-14)21(27)23-13-20(26-10-4-5-11-26)16-6-2-3-7-17(16)22/h2-3,6-9,12,20H,4-5,10-11,13H2,1H3,(H,23,27)(H,24,25)/t20-/m0/s1. The summed E-state index contributed by atoms with van der Waals surface area (Å²) in [6.07, 6.45) is 2.21. The van der Waals surface area contributed by atoms with Crippen molar-refractivity contribution in [3.63, 3.8) is 0 Å². The van der Waals surface area contributed by atoms with Crippen LogP contribution in [-0.2, 0) is 0 Å². The highest BCUT2D eigenvalue weighted by Crippen LogP contribution is 2.26. The van der Waals surface area contributed by atoms with Crippen LogP contribution in [0.25, 0.3) is 11.0 Å². The Morgan fingerprint density at radius 2 is 2.04 bits per heavy atom. The van der Waals surface area contributed by atoms with Crippen LogP contribution < -0.4 is 5.32 Å². The molecule has 0 saturated carbocycles. The van der Waals surface area contributed by atoms with Gasteiger partial charge >= 0.3 is 0 Å². The lowest BCUT2D eigenvalue weighted by atomic mass is 10.0. The van der Waals surface area contributed by atoms with Crippen LogP contribution in [0.3, 0.4) is 0 Å². The van der Waals surface area contributed by atoms with Crippen molar-refractivity contribution in [3.05, 3.63) is 65.2 Å². The fourth-order valence-corrected chi connectivity index (χ4v) is 3.80. The van der Waals surface area contributed by atoms with E-state index in [9.17, 15) is 9.18 Å². The molecule has 2 N–H and O–H groups in total. The molecule has 1 aromatic heterocycles. The maximum absolute atomic E-state index is 14.4. The molecule has 27 heavy (non-hydrogen) atoms. The fourth-order valence-electron chi connectivity index (χ4n) is 3.80. The van der Waals surface area contributed by atoms with Gasteiger partial charge in [0, 0.05) is 17.7 Å². The van der Waals surface area contributed by atoms with E-state index >= 15 is 0 Å².